The Labute approximate surface area is 141 Å². The summed E-state index contributed by atoms with van der Waals surface area (Å²) in [5.41, 5.74) is 1.27. The van der Waals surface area contributed by atoms with Crippen LogP contribution in [0.25, 0.3) is 5.57 Å². The number of likely N-dealkylation sites (N-methyl/N-ethyl adjacent to an activating group) is 1. The minimum atomic E-state index is -0.375. The van der Waals surface area contributed by atoms with Crippen LogP contribution in [0.15, 0.2) is 42.6 Å². The Hall–Kier alpha value is -2.60. The molecule has 0 aliphatic carbocycles. The van der Waals surface area contributed by atoms with Crippen molar-refractivity contribution in [2.45, 2.75) is 6.92 Å². The van der Waals surface area contributed by atoms with Gasteiger partial charge < -0.3 is 14.7 Å². The van der Waals surface area contributed by atoms with Gasteiger partial charge in [0.15, 0.2) is 0 Å². The molecular formula is C18H22N2O4. The van der Waals surface area contributed by atoms with Crippen LogP contribution in [0, 0.1) is 0 Å². The van der Waals surface area contributed by atoms with E-state index in [2.05, 4.69) is 6.58 Å². The SMILES string of the molecule is C=CCN1C(=O)C(c2ccc(OCC)cc2)=C(N(C)CCO)C1=O. The van der Waals surface area contributed by atoms with Crippen molar-refractivity contribution >= 4 is 17.4 Å². The van der Waals surface area contributed by atoms with Gasteiger partial charge in [0.05, 0.1) is 18.8 Å². The highest BCUT2D eigenvalue weighted by Gasteiger charge is 2.39. The Kier molecular flexibility index (Phi) is 5.76. The first-order chi connectivity index (χ1) is 11.5. The highest BCUT2D eigenvalue weighted by Crippen LogP contribution is 2.31. The largest absolute Gasteiger partial charge is 0.494 e. The highest BCUT2D eigenvalue weighted by molar-refractivity contribution is 6.35. The first-order valence-corrected chi connectivity index (χ1v) is 7.81. The number of benzene rings is 1. The summed E-state index contributed by atoms with van der Waals surface area (Å²) in [4.78, 5) is 28.1. The Morgan fingerprint density at radius 3 is 2.46 bits per heavy atom. The molecule has 0 radical (unpaired) electrons. The van der Waals surface area contributed by atoms with E-state index >= 15 is 0 Å². The van der Waals surface area contributed by atoms with Crippen molar-refractivity contribution in [1.29, 1.82) is 0 Å². The zero-order chi connectivity index (χ0) is 17.7. The summed E-state index contributed by atoms with van der Waals surface area (Å²) in [6.07, 6.45) is 1.51. The van der Waals surface area contributed by atoms with Crippen molar-refractivity contribution in [3.8, 4) is 5.75 Å². The maximum atomic E-state index is 12.7. The lowest BCUT2D eigenvalue weighted by Gasteiger charge is -2.19. The molecule has 2 amide bonds. The fourth-order valence-corrected chi connectivity index (χ4v) is 2.62. The molecule has 0 aromatic heterocycles. The van der Waals surface area contributed by atoms with Crippen LogP contribution in [-0.4, -0.2) is 60.1 Å². The van der Waals surface area contributed by atoms with Crippen LogP contribution < -0.4 is 4.74 Å². The number of nitrogens with zero attached hydrogens (tertiary/aromatic N) is 2. The quantitative estimate of drug-likeness (QED) is 0.574. The molecule has 1 N–H and O–H groups in total. The van der Waals surface area contributed by atoms with Crippen LogP contribution in [0.5, 0.6) is 5.75 Å². The van der Waals surface area contributed by atoms with Crippen LogP contribution in [0.1, 0.15) is 12.5 Å². The molecule has 0 atom stereocenters. The number of amides is 2. The Bertz CT molecular complexity index is 664. The summed E-state index contributed by atoms with van der Waals surface area (Å²) in [5.74, 6) is -0.0320. The number of imide groups is 1. The van der Waals surface area contributed by atoms with Crippen LogP contribution in [0.3, 0.4) is 0 Å². The third-order valence-corrected chi connectivity index (χ3v) is 3.73. The van der Waals surface area contributed by atoms with E-state index in [1.165, 1.54) is 6.08 Å². The van der Waals surface area contributed by atoms with E-state index in [1.807, 2.05) is 6.92 Å². The molecule has 6 nitrogen and oxygen atoms in total. The van der Waals surface area contributed by atoms with Crippen LogP contribution >= 0.6 is 0 Å². The topological polar surface area (TPSA) is 70.1 Å². The first-order valence-electron chi connectivity index (χ1n) is 7.81. The predicted octanol–water partition coefficient (Wildman–Crippen LogP) is 1.28. The number of ether oxygens (including phenoxy) is 1. The number of hydrogen-bond acceptors (Lipinski definition) is 5. The second-order valence-electron chi connectivity index (χ2n) is 5.34. The second-order valence-corrected chi connectivity index (χ2v) is 5.34. The third kappa shape index (κ3) is 3.33. The zero-order valence-corrected chi connectivity index (χ0v) is 14.0. The number of aliphatic hydroxyl groups is 1. The normalized spacial score (nSPS) is 14.4. The smallest absolute Gasteiger partial charge is 0.278 e. The van der Waals surface area contributed by atoms with Crippen molar-refractivity contribution in [2.24, 2.45) is 0 Å². The Morgan fingerprint density at radius 2 is 1.92 bits per heavy atom. The van der Waals surface area contributed by atoms with Gasteiger partial charge >= 0.3 is 0 Å². The standard InChI is InChI=1S/C18H22N2O4/c1-4-10-20-17(22)15(16(18(20)23)19(3)11-12-21)13-6-8-14(9-7-13)24-5-2/h4,6-9,21H,1,5,10-12H2,2-3H3. The number of aliphatic hydroxyl groups excluding tert-OH is 1. The number of carbonyl (C=O) groups is 2. The molecule has 1 aromatic rings. The van der Waals surface area contributed by atoms with Gasteiger partial charge in [-0.3, -0.25) is 14.5 Å². The van der Waals surface area contributed by atoms with Crippen LogP contribution in [-0.2, 0) is 9.59 Å². The molecule has 1 aliphatic rings. The Balaban J connectivity index is 2.47. The number of rotatable bonds is 8. The molecule has 1 aromatic carbocycles. The van der Waals surface area contributed by atoms with Crippen molar-refractivity contribution in [2.75, 3.05) is 33.4 Å². The second kappa shape index (κ2) is 7.79. The van der Waals surface area contributed by atoms with E-state index in [0.717, 1.165) is 4.90 Å². The predicted molar refractivity (Wildman–Crippen MR) is 91.2 cm³/mol. The molecule has 6 heteroatoms. The summed E-state index contributed by atoms with van der Waals surface area (Å²) < 4.78 is 5.41. The monoisotopic (exact) mass is 330 g/mol. The Morgan fingerprint density at radius 1 is 1.25 bits per heavy atom. The van der Waals surface area contributed by atoms with Crippen molar-refractivity contribution in [3.63, 3.8) is 0 Å². The van der Waals surface area contributed by atoms with Gasteiger partial charge in [-0.05, 0) is 24.6 Å². The molecule has 1 aliphatic heterocycles. The average molecular weight is 330 g/mol. The number of carbonyl (C=O) groups excluding carboxylic acids is 2. The summed E-state index contributed by atoms with van der Waals surface area (Å²) in [6, 6.07) is 7.05. The summed E-state index contributed by atoms with van der Waals surface area (Å²) in [7, 11) is 1.68. The third-order valence-electron chi connectivity index (χ3n) is 3.73. The van der Waals surface area contributed by atoms with E-state index in [-0.39, 0.29) is 31.5 Å². The van der Waals surface area contributed by atoms with E-state index in [4.69, 9.17) is 9.84 Å². The van der Waals surface area contributed by atoms with Gasteiger partial charge in [-0.25, -0.2) is 0 Å². The molecule has 0 bridgehead atoms. The molecule has 0 unspecified atom stereocenters. The highest BCUT2D eigenvalue weighted by atomic mass is 16.5. The van der Waals surface area contributed by atoms with Crippen molar-refractivity contribution in [1.82, 2.24) is 9.80 Å². The molecule has 128 valence electrons. The molecule has 24 heavy (non-hydrogen) atoms. The van der Waals surface area contributed by atoms with Crippen molar-refractivity contribution < 1.29 is 19.4 Å². The lowest BCUT2D eigenvalue weighted by Crippen LogP contribution is -2.34. The lowest BCUT2D eigenvalue weighted by atomic mass is 10.0. The molecule has 1 heterocycles. The van der Waals surface area contributed by atoms with Gasteiger partial charge in [-0.15, -0.1) is 6.58 Å². The lowest BCUT2D eigenvalue weighted by molar-refractivity contribution is -0.136. The number of hydrogen-bond donors (Lipinski definition) is 1. The molecule has 0 saturated carbocycles. The van der Waals surface area contributed by atoms with Crippen LogP contribution in [0.4, 0.5) is 0 Å². The van der Waals surface area contributed by atoms with Crippen LogP contribution in [0.2, 0.25) is 0 Å². The van der Waals surface area contributed by atoms with E-state index < -0.39 is 0 Å². The van der Waals surface area contributed by atoms with Gasteiger partial charge in [0, 0.05) is 20.1 Å². The maximum Gasteiger partial charge on any atom is 0.278 e. The van der Waals surface area contributed by atoms with Gasteiger partial charge in [0.1, 0.15) is 11.4 Å². The van der Waals surface area contributed by atoms with Gasteiger partial charge in [0.25, 0.3) is 11.8 Å². The summed E-state index contributed by atoms with van der Waals surface area (Å²) >= 11 is 0. The minimum absolute atomic E-state index is 0.112. The molecule has 2 rings (SSSR count). The molecule has 0 saturated heterocycles. The fraction of sp³-hybridized carbons (Fsp3) is 0.333. The van der Waals surface area contributed by atoms with E-state index in [1.54, 1.807) is 36.2 Å². The van der Waals surface area contributed by atoms with Gasteiger partial charge in [0.2, 0.25) is 0 Å². The molecular weight excluding hydrogens is 308 g/mol. The van der Waals surface area contributed by atoms with Gasteiger partial charge in [-0.2, -0.15) is 0 Å². The fourth-order valence-electron chi connectivity index (χ4n) is 2.62. The summed E-state index contributed by atoms with van der Waals surface area (Å²) in [5, 5.41) is 9.16. The summed E-state index contributed by atoms with van der Waals surface area (Å²) in [6.45, 7) is 6.34. The van der Waals surface area contributed by atoms with Crippen molar-refractivity contribution in [3.05, 3.63) is 48.2 Å². The van der Waals surface area contributed by atoms with E-state index in [9.17, 15) is 9.59 Å². The maximum absolute atomic E-state index is 12.7. The molecule has 0 spiro atoms. The zero-order valence-electron chi connectivity index (χ0n) is 14.0. The van der Waals surface area contributed by atoms with Gasteiger partial charge in [-0.1, -0.05) is 18.2 Å². The molecule has 0 fully saturated rings. The average Bonchev–Trinajstić information content (AvgIpc) is 2.81. The first kappa shape index (κ1) is 17.7. The minimum Gasteiger partial charge on any atom is -0.494 e. The van der Waals surface area contributed by atoms with E-state index in [0.29, 0.717) is 29.2 Å².